The summed E-state index contributed by atoms with van der Waals surface area (Å²) in [4.78, 5) is 14.5. The summed E-state index contributed by atoms with van der Waals surface area (Å²) in [5, 5.41) is 23.2. The molecular formula is C16H20N2O4. The number of fused-ring (bicyclic) bond motifs is 2. The van der Waals surface area contributed by atoms with Crippen molar-refractivity contribution in [2.75, 3.05) is 19.0 Å². The Morgan fingerprint density at radius 2 is 2.27 bits per heavy atom. The van der Waals surface area contributed by atoms with Gasteiger partial charge in [-0.15, -0.1) is 0 Å². The SMILES string of the molecule is CC/C=C1\C[C@H]2C(O)Nc3cc(O)c(OC)cc3C(=O)N2C1. The topological polar surface area (TPSA) is 82.0 Å². The molecule has 2 aliphatic rings. The summed E-state index contributed by atoms with van der Waals surface area (Å²) >= 11 is 0. The van der Waals surface area contributed by atoms with Gasteiger partial charge in [-0.05, 0) is 18.9 Å². The molecule has 0 saturated carbocycles. The van der Waals surface area contributed by atoms with E-state index in [1.165, 1.54) is 19.2 Å². The van der Waals surface area contributed by atoms with Crippen LogP contribution >= 0.6 is 0 Å². The maximum atomic E-state index is 12.8. The number of hydrogen-bond acceptors (Lipinski definition) is 5. The molecule has 1 saturated heterocycles. The third-order valence-corrected chi connectivity index (χ3v) is 4.22. The molecule has 1 aromatic rings. The van der Waals surface area contributed by atoms with E-state index < -0.39 is 6.23 Å². The normalized spacial score (nSPS) is 25.5. The molecule has 3 N–H and O–H groups in total. The number of aromatic hydroxyl groups is 1. The highest BCUT2D eigenvalue weighted by atomic mass is 16.5. The number of nitrogens with one attached hydrogen (secondary N) is 1. The lowest BCUT2D eigenvalue weighted by molar-refractivity contribution is 0.0582. The summed E-state index contributed by atoms with van der Waals surface area (Å²) in [6.45, 7) is 2.58. The molecule has 0 aromatic heterocycles. The highest BCUT2D eigenvalue weighted by Crippen LogP contribution is 2.38. The molecule has 2 aliphatic heterocycles. The zero-order chi connectivity index (χ0) is 15.9. The van der Waals surface area contributed by atoms with Crippen LogP contribution in [0.5, 0.6) is 11.5 Å². The molecule has 22 heavy (non-hydrogen) atoms. The Morgan fingerprint density at radius 1 is 1.50 bits per heavy atom. The van der Waals surface area contributed by atoms with Gasteiger partial charge in [0.05, 0.1) is 24.4 Å². The van der Waals surface area contributed by atoms with Gasteiger partial charge >= 0.3 is 0 Å². The van der Waals surface area contributed by atoms with Crippen LogP contribution in [0, 0.1) is 0 Å². The molecule has 6 heteroatoms. The first-order valence-electron chi connectivity index (χ1n) is 7.39. The fourth-order valence-electron chi connectivity index (χ4n) is 3.16. The van der Waals surface area contributed by atoms with Gasteiger partial charge in [0.1, 0.15) is 6.23 Å². The van der Waals surface area contributed by atoms with E-state index in [4.69, 9.17) is 4.74 Å². The predicted molar refractivity (Wildman–Crippen MR) is 82.1 cm³/mol. The van der Waals surface area contributed by atoms with Crippen molar-refractivity contribution in [2.24, 2.45) is 0 Å². The monoisotopic (exact) mass is 304 g/mol. The van der Waals surface area contributed by atoms with E-state index in [0.29, 0.717) is 24.2 Å². The summed E-state index contributed by atoms with van der Waals surface area (Å²) in [7, 11) is 1.44. The van der Waals surface area contributed by atoms with Crippen molar-refractivity contribution in [1.29, 1.82) is 0 Å². The fraction of sp³-hybridized carbons (Fsp3) is 0.438. The number of aliphatic hydroxyl groups is 1. The number of nitrogens with zero attached hydrogens (tertiary/aromatic N) is 1. The number of benzene rings is 1. The number of phenols is 1. The number of rotatable bonds is 2. The number of methoxy groups -OCH3 is 1. The van der Waals surface area contributed by atoms with Crippen molar-refractivity contribution in [3.8, 4) is 11.5 Å². The van der Waals surface area contributed by atoms with Gasteiger partial charge in [-0.1, -0.05) is 18.6 Å². The third-order valence-electron chi connectivity index (χ3n) is 4.22. The number of ether oxygens (including phenoxy) is 1. The predicted octanol–water partition coefficient (Wildman–Crippen LogP) is 1.70. The minimum absolute atomic E-state index is 0.0672. The zero-order valence-corrected chi connectivity index (χ0v) is 12.7. The van der Waals surface area contributed by atoms with E-state index in [1.807, 2.05) is 0 Å². The fourth-order valence-corrected chi connectivity index (χ4v) is 3.16. The van der Waals surface area contributed by atoms with Gasteiger partial charge in [-0.3, -0.25) is 4.79 Å². The second-order valence-electron chi connectivity index (χ2n) is 5.63. The lowest BCUT2D eigenvalue weighted by Crippen LogP contribution is -2.43. The van der Waals surface area contributed by atoms with Crippen molar-refractivity contribution in [1.82, 2.24) is 4.90 Å². The van der Waals surface area contributed by atoms with Gasteiger partial charge in [-0.25, -0.2) is 0 Å². The summed E-state index contributed by atoms with van der Waals surface area (Å²) in [6, 6.07) is 2.63. The highest BCUT2D eigenvalue weighted by molar-refractivity contribution is 6.02. The molecule has 1 fully saturated rings. The first-order valence-corrected chi connectivity index (χ1v) is 7.39. The molecule has 6 nitrogen and oxygen atoms in total. The summed E-state index contributed by atoms with van der Waals surface area (Å²) in [5.74, 6) is 0.00888. The highest BCUT2D eigenvalue weighted by Gasteiger charge is 2.40. The van der Waals surface area contributed by atoms with E-state index in [2.05, 4.69) is 18.3 Å². The molecular weight excluding hydrogens is 284 g/mol. The zero-order valence-electron chi connectivity index (χ0n) is 12.7. The van der Waals surface area contributed by atoms with Gasteiger partial charge < -0.3 is 25.2 Å². The molecule has 0 bridgehead atoms. The van der Waals surface area contributed by atoms with E-state index >= 15 is 0 Å². The Labute approximate surface area is 129 Å². The molecule has 118 valence electrons. The molecule has 2 atom stereocenters. The standard InChI is InChI=1S/C16H20N2O4/c1-3-4-9-5-12-15(20)17-11-7-13(19)14(22-2)6-10(11)16(21)18(12)8-9/h4,6-7,12,15,17,19-20H,3,5,8H2,1-2H3/b9-4+/t12-,15?/m0/s1. The molecule has 3 rings (SSSR count). The average molecular weight is 304 g/mol. The number of carbonyl (C=O) groups excluding carboxylic acids is 1. The van der Waals surface area contributed by atoms with Crippen LogP contribution < -0.4 is 10.1 Å². The summed E-state index contributed by atoms with van der Waals surface area (Å²) < 4.78 is 5.08. The van der Waals surface area contributed by atoms with Gasteiger partial charge in [0.2, 0.25) is 0 Å². The maximum Gasteiger partial charge on any atom is 0.256 e. The molecule has 1 amide bonds. The van der Waals surface area contributed by atoms with Crippen LogP contribution in [0.15, 0.2) is 23.8 Å². The smallest absolute Gasteiger partial charge is 0.256 e. The van der Waals surface area contributed by atoms with Crippen molar-refractivity contribution in [3.63, 3.8) is 0 Å². The van der Waals surface area contributed by atoms with E-state index in [-0.39, 0.29) is 23.4 Å². The molecule has 0 spiro atoms. The van der Waals surface area contributed by atoms with Crippen molar-refractivity contribution in [3.05, 3.63) is 29.3 Å². The minimum atomic E-state index is -0.874. The van der Waals surface area contributed by atoms with Crippen molar-refractivity contribution < 1.29 is 19.7 Å². The average Bonchev–Trinajstić information content (AvgIpc) is 2.88. The Morgan fingerprint density at radius 3 is 2.95 bits per heavy atom. The summed E-state index contributed by atoms with van der Waals surface area (Å²) in [6.07, 6.45) is 2.80. The van der Waals surface area contributed by atoms with Crippen LogP contribution in [0.1, 0.15) is 30.1 Å². The van der Waals surface area contributed by atoms with Crippen molar-refractivity contribution >= 4 is 11.6 Å². The molecule has 1 unspecified atom stereocenters. The Balaban J connectivity index is 2.03. The first-order chi connectivity index (χ1) is 10.5. The lowest BCUT2D eigenvalue weighted by atomic mass is 10.1. The van der Waals surface area contributed by atoms with Crippen LogP contribution in [0.4, 0.5) is 5.69 Å². The quantitative estimate of drug-likeness (QED) is 0.724. The maximum absolute atomic E-state index is 12.8. The van der Waals surface area contributed by atoms with Crippen LogP contribution in [0.3, 0.4) is 0 Å². The number of hydrogen-bond donors (Lipinski definition) is 3. The molecule has 1 aromatic carbocycles. The number of amides is 1. The van der Waals surface area contributed by atoms with Crippen LogP contribution in [-0.4, -0.2) is 46.9 Å². The Hall–Kier alpha value is -2.21. The van der Waals surface area contributed by atoms with E-state index in [9.17, 15) is 15.0 Å². The molecule has 2 heterocycles. The lowest BCUT2D eigenvalue weighted by Gasteiger charge is -2.24. The van der Waals surface area contributed by atoms with Gasteiger partial charge in [0, 0.05) is 12.6 Å². The van der Waals surface area contributed by atoms with Gasteiger partial charge in [-0.2, -0.15) is 0 Å². The Kier molecular flexibility index (Phi) is 3.70. The van der Waals surface area contributed by atoms with Crippen LogP contribution in [0.25, 0.3) is 0 Å². The molecule has 0 radical (unpaired) electrons. The van der Waals surface area contributed by atoms with Gasteiger partial charge in [0.15, 0.2) is 11.5 Å². The van der Waals surface area contributed by atoms with Crippen LogP contribution in [0.2, 0.25) is 0 Å². The number of aliphatic hydroxyl groups excluding tert-OH is 1. The van der Waals surface area contributed by atoms with Crippen molar-refractivity contribution in [2.45, 2.75) is 32.0 Å². The Bertz CT molecular complexity index is 641. The first kappa shape index (κ1) is 14.7. The third kappa shape index (κ3) is 2.29. The largest absolute Gasteiger partial charge is 0.504 e. The van der Waals surface area contributed by atoms with Gasteiger partial charge in [0.25, 0.3) is 5.91 Å². The second-order valence-corrected chi connectivity index (χ2v) is 5.63. The van der Waals surface area contributed by atoms with Crippen LogP contribution in [-0.2, 0) is 0 Å². The summed E-state index contributed by atoms with van der Waals surface area (Å²) in [5.41, 5.74) is 1.98. The van der Waals surface area contributed by atoms with E-state index in [1.54, 1.807) is 4.90 Å². The molecule has 0 aliphatic carbocycles. The minimum Gasteiger partial charge on any atom is -0.504 e. The van der Waals surface area contributed by atoms with E-state index in [0.717, 1.165) is 12.0 Å². The number of anilines is 1. The second kappa shape index (κ2) is 5.53. The number of allylic oxidation sites excluding steroid dienone is 1. The number of phenolic OH excluding ortho intramolecular Hbond substituents is 1. The number of carbonyl (C=O) groups is 1.